The molecule has 1 atom stereocenters. The Bertz CT molecular complexity index is 1400. The van der Waals surface area contributed by atoms with E-state index in [2.05, 4.69) is 20.5 Å². The molecule has 0 saturated carbocycles. The van der Waals surface area contributed by atoms with Crippen molar-refractivity contribution in [2.75, 3.05) is 42.1 Å². The molecule has 4 rings (SSSR count). The summed E-state index contributed by atoms with van der Waals surface area (Å²) in [6.07, 6.45) is 2.38. The Labute approximate surface area is 240 Å². The molecule has 1 saturated heterocycles. The monoisotopic (exact) mass is 583 g/mol. The Balaban J connectivity index is 1.39. The highest BCUT2D eigenvalue weighted by atomic mass is 35.5. The molecule has 1 aliphatic heterocycles. The van der Waals surface area contributed by atoms with E-state index < -0.39 is 16.1 Å². The van der Waals surface area contributed by atoms with E-state index in [1.54, 1.807) is 29.2 Å². The number of anilines is 2. The van der Waals surface area contributed by atoms with Gasteiger partial charge in [0.05, 0.1) is 17.6 Å². The Kier molecular flexibility index (Phi) is 10.0. The van der Waals surface area contributed by atoms with Crippen molar-refractivity contribution in [3.8, 4) is 0 Å². The molecule has 9 nitrogen and oxygen atoms in total. The van der Waals surface area contributed by atoms with Gasteiger partial charge in [-0.2, -0.15) is 0 Å². The van der Waals surface area contributed by atoms with Crippen molar-refractivity contribution in [3.63, 3.8) is 0 Å². The number of sulfonamides is 1. The first-order valence-electron chi connectivity index (χ1n) is 13.1. The number of piperazine rings is 1. The molecule has 1 fully saturated rings. The van der Waals surface area contributed by atoms with Crippen molar-refractivity contribution in [2.45, 2.75) is 25.3 Å². The van der Waals surface area contributed by atoms with Crippen LogP contribution in [-0.2, 0) is 32.5 Å². The second kappa shape index (κ2) is 13.6. The van der Waals surface area contributed by atoms with Crippen LogP contribution in [-0.4, -0.2) is 63.6 Å². The zero-order chi connectivity index (χ0) is 28.5. The molecule has 0 spiro atoms. The van der Waals surface area contributed by atoms with Gasteiger partial charge >= 0.3 is 0 Å². The minimum Gasteiger partial charge on any atom is -0.366 e. The predicted molar refractivity (Wildman–Crippen MR) is 159 cm³/mol. The lowest BCUT2D eigenvalue weighted by atomic mass is 10.0. The van der Waals surface area contributed by atoms with Crippen LogP contribution in [0.15, 0.2) is 78.9 Å². The molecule has 2 amide bonds. The standard InChI is InChI=1S/C29H34ClN5O4S/c1-40(38,39)33-25-9-5-6-10-27(25)34-17-19-35(20-18-34)29(37)26(21-23-11-14-24(30)15-12-23)31-32-28(36)16-13-22-7-3-2-4-8-22/h2-12,14-15,26,31,33H,13,16-21H2,1H3,(H,32,36)/t26-/m1/s1. The summed E-state index contributed by atoms with van der Waals surface area (Å²) in [5, 5.41) is 0.607. The molecule has 1 heterocycles. The Morgan fingerprint density at radius 2 is 1.52 bits per heavy atom. The van der Waals surface area contributed by atoms with Gasteiger partial charge < -0.3 is 9.80 Å². The normalized spacial score (nSPS) is 14.4. The Morgan fingerprint density at radius 1 is 0.875 bits per heavy atom. The van der Waals surface area contributed by atoms with Crippen LogP contribution in [0.1, 0.15) is 17.5 Å². The highest BCUT2D eigenvalue weighted by molar-refractivity contribution is 7.92. The summed E-state index contributed by atoms with van der Waals surface area (Å²) < 4.78 is 26.2. The van der Waals surface area contributed by atoms with Gasteiger partial charge in [-0.3, -0.25) is 19.7 Å². The number of benzene rings is 3. The minimum atomic E-state index is -3.43. The zero-order valence-corrected chi connectivity index (χ0v) is 23.9. The number of halogens is 1. The van der Waals surface area contributed by atoms with E-state index in [4.69, 9.17) is 11.6 Å². The van der Waals surface area contributed by atoms with Gasteiger partial charge in [-0.05, 0) is 48.2 Å². The van der Waals surface area contributed by atoms with Crippen LogP contribution in [0.25, 0.3) is 0 Å². The maximum absolute atomic E-state index is 13.6. The van der Waals surface area contributed by atoms with Crippen molar-refractivity contribution < 1.29 is 18.0 Å². The number of hydrogen-bond donors (Lipinski definition) is 3. The van der Waals surface area contributed by atoms with Gasteiger partial charge in [-0.15, -0.1) is 0 Å². The SMILES string of the molecule is CS(=O)(=O)Nc1ccccc1N1CCN(C(=O)[C@@H](Cc2ccc(Cl)cc2)NNC(=O)CCc2ccccc2)CC1. The summed E-state index contributed by atoms with van der Waals surface area (Å²) in [6, 6.07) is 23.6. The highest BCUT2D eigenvalue weighted by Gasteiger charge is 2.29. The summed E-state index contributed by atoms with van der Waals surface area (Å²) in [5.74, 6) is -0.321. The maximum Gasteiger partial charge on any atom is 0.241 e. The third-order valence-corrected chi connectivity index (χ3v) is 7.49. The van der Waals surface area contributed by atoms with Gasteiger partial charge in [-0.25, -0.2) is 13.8 Å². The van der Waals surface area contributed by atoms with E-state index in [0.29, 0.717) is 56.2 Å². The minimum absolute atomic E-state index is 0.125. The van der Waals surface area contributed by atoms with Gasteiger partial charge in [0.2, 0.25) is 21.8 Å². The molecule has 0 aromatic heterocycles. The molecule has 3 aromatic carbocycles. The van der Waals surface area contributed by atoms with Crippen LogP contribution < -0.4 is 20.5 Å². The summed E-state index contributed by atoms with van der Waals surface area (Å²) in [6.45, 7) is 1.97. The smallest absolute Gasteiger partial charge is 0.241 e. The van der Waals surface area contributed by atoms with E-state index in [-0.39, 0.29) is 11.8 Å². The lowest BCUT2D eigenvalue weighted by Crippen LogP contribution is -2.57. The van der Waals surface area contributed by atoms with Crippen LogP contribution in [0.2, 0.25) is 5.02 Å². The first kappa shape index (κ1) is 29.4. The number of nitrogens with one attached hydrogen (secondary N) is 3. The first-order chi connectivity index (χ1) is 19.2. The predicted octanol–water partition coefficient (Wildman–Crippen LogP) is 3.23. The topological polar surface area (TPSA) is 111 Å². The Hall–Kier alpha value is -3.60. The highest BCUT2D eigenvalue weighted by Crippen LogP contribution is 2.27. The molecule has 11 heteroatoms. The van der Waals surface area contributed by atoms with Crippen LogP contribution in [0.5, 0.6) is 0 Å². The van der Waals surface area contributed by atoms with Crippen molar-refractivity contribution >= 4 is 44.8 Å². The van der Waals surface area contributed by atoms with Gasteiger partial charge in [-0.1, -0.05) is 66.2 Å². The average Bonchev–Trinajstić information content (AvgIpc) is 2.95. The lowest BCUT2D eigenvalue weighted by molar-refractivity contribution is -0.134. The van der Waals surface area contributed by atoms with E-state index in [1.807, 2.05) is 54.6 Å². The fraction of sp³-hybridized carbons (Fsp3) is 0.310. The van der Waals surface area contributed by atoms with E-state index >= 15 is 0 Å². The fourth-order valence-corrected chi connectivity index (χ4v) is 5.31. The number of carbonyl (C=O) groups is 2. The van der Waals surface area contributed by atoms with E-state index in [9.17, 15) is 18.0 Å². The molecule has 0 aliphatic carbocycles. The van der Waals surface area contributed by atoms with Gasteiger partial charge in [0.25, 0.3) is 0 Å². The van der Waals surface area contributed by atoms with Crippen molar-refractivity contribution in [1.82, 2.24) is 15.8 Å². The van der Waals surface area contributed by atoms with Crippen LogP contribution in [0, 0.1) is 0 Å². The van der Waals surface area contributed by atoms with Gasteiger partial charge in [0, 0.05) is 37.6 Å². The van der Waals surface area contributed by atoms with Crippen molar-refractivity contribution in [3.05, 3.63) is 95.0 Å². The third kappa shape index (κ3) is 8.70. The van der Waals surface area contributed by atoms with E-state index in [0.717, 1.165) is 23.1 Å². The Morgan fingerprint density at radius 3 is 2.20 bits per heavy atom. The first-order valence-corrected chi connectivity index (χ1v) is 15.4. The number of aryl methyl sites for hydroxylation is 1. The number of nitrogens with zero attached hydrogens (tertiary/aromatic N) is 2. The lowest BCUT2D eigenvalue weighted by Gasteiger charge is -2.38. The molecule has 0 radical (unpaired) electrons. The van der Waals surface area contributed by atoms with Crippen molar-refractivity contribution in [2.24, 2.45) is 0 Å². The number of carbonyl (C=O) groups excluding carboxylic acids is 2. The number of hydrogen-bond acceptors (Lipinski definition) is 6. The average molecular weight is 584 g/mol. The molecule has 212 valence electrons. The summed E-state index contributed by atoms with van der Waals surface area (Å²) >= 11 is 6.04. The van der Waals surface area contributed by atoms with Crippen molar-refractivity contribution in [1.29, 1.82) is 0 Å². The summed E-state index contributed by atoms with van der Waals surface area (Å²) in [5.41, 5.74) is 8.96. The number of rotatable bonds is 11. The second-order valence-corrected chi connectivity index (χ2v) is 11.9. The third-order valence-electron chi connectivity index (χ3n) is 6.65. The van der Waals surface area contributed by atoms with Crippen LogP contribution >= 0.6 is 11.6 Å². The van der Waals surface area contributed by atoms with Gasteiger partial charge in [0.1, 0.15) is 6.04 Å². The molecule has 3 N–H and O–H groups in total. The fourth-order valence-electron chi connectivity index (χ4n) is 4.61. The summed E-state index contributed by atoms with van der Waals surface area (Å²) in [4.78, 5) is 30.0. The molecule has 1 aliphatic rings. The summed E-state index contributed by atoms with van der Waals surface area (Å²) in [7, 11) is -3.43. The largest absolute Gasteiger partial charge is 0.366 e. The number of hydrazine groups is 1. The number of amides is 2. The maximum atomic E-state index is 13.6. The van der Waals surface area contributed by atoms with Crippen LogP contribution in [0.3, 0.4) is 0 Å². The quantitative estimate of drug-likeness (QED) is 0.299. The number of para-hydroxylation sites is 2. The second-order valence-electron chi connectivity index (χ2n) is 9.76. The molecular weight excluding hydrogens is 550 g/mol. The molecular formula is C29H34ClN5O4S. The molecule has 0 bridgehead atoms. The molecule has 3 aromatic rings. The van der Waals surface area contributed by atoms with E-state index in [1.165, 1.54) is 0 Å². The molecule has 0 unspecified atom stereocenters. The zero-order valence-electron chi connectivity index (χ0n) is 22.3. The van der Waals surface area contributed by atoms with Gasteiger partial charge in [0.15, 0.2) is 0 Å². The molecule has 40 heavy (non-hydrogen) atoms. The van der Waals surface area contributed by atoms with Crippen LogP contribution in [0.4, 0.5) is 11.4 Å².